The van der Waals surface area contributed by atoms with Gasteiger partial charge in [0.15, 0.2) is 5.96 Å². The normalized spacial score (nSPS) is 14.3. The van der Waals surface area contributed by atoms with E-state index in [9.17, 15) is 0 Å². The van der Waals surface area contributed by atoms with E-state index in [1.807, 2.05) is 36.2 Å². The van der Waals surface area contributed by atoms with Crippen LogP contribution in [0, 0.1) is 0 Å². The van der Waals surface area contributed by atoms with Crippen LogP contribution in [0.2, 0.25) is 0 Å². The number of hydrogen-bond donors (Lipinski definition) is 2. The monoisotopic (exact) mass is 511 g/mol. The number of aromatic nitrogens is 1. The molecule has 0 radical (unpaired) electrons. The summed E-state index contributed by atoms with van der Waals surface area (Å²) in [5.41, 5.74) is 3.64. The number of nitrogens with one attached hydrogen (secondary N) is 2. The molecule has 0 amide bonds. The Morgan fingerprint density at radius 2 is 1.89 bits per heavy atom. The van der Waals surface area contributed by atoms with Gasteiger partial charge < -0.3 is 15.5 Å². The Labute approximate surface area is 189 Å². The van der Waals surface area contributed by atoms with Gasteiger partial charge >= 0.3 is 0 Å². The number of anilines is 1. The smallest absolute Gasteiger partial charge is 0.191 e. The standard InChI is InChI=1S/C21H29N5S.HI/c1-2-22-21(24-12-10-19-5-3-4-11-23-19)25-17-18-6-8-20(9-7-18)26-13-15-27-16-14-26;/h3-9,11H,2,10,12-17H2,1H3,(H2,22,24,25);1H. The van der Waals surface area contributed by atoms with E-state index in [2.05, 4.69) is 51.7 Å². The minimum atomic E-state index is 0. The van der Waals surface area contributed by atoms with E-state index in [0.29, 0.717) is 6.54 Å². The Bertz CT molecular complexity index is 702. The Hall–Kier alpha value is -1.48. The molecule has 2 N–H and O–H groups in total. The summed E-state index contributed by atoms with van der Waals surface area (Å²) in [5.74, 6) is 3.30. The van der Waals surface area contributed by atoms with Crippen LogP contribution in [0.15, 0.2) is 53.7 Å². The maximum absolute atomic E-state index is 4.71. The third kappa shape index (κ3) is 7.50. The van der Waals surface area contributed by atoms with E-state index in [4.69, 9.17) is 4.99 Å². The van der Waals surface area contributed by atoms with Crippen molar-refractivity contribution >= 4 is 47.4 Å². The number of nitrogens with zero attached hydrogens (tertiary/aromatic N) is 3. The van der Waals surface area contributed by atoms with Gasteiger partial charge in [-0.2, -0.15) is 11.8 Å². The molecule has 152 valence electrons. The minimum absolute atomic E-state index is 0. The van der Waals surface area contributed by atoms with E-state index in [1.54, 1.807) is 0 Å². The number of aliphatic imine (C=N–C) groups is 1. The molecule has 1 saturated heterocycles. The second-order valence-electron chi connectivity index (χ2n) is 6.46. The Morgan fingerprint density at radius 3 is 2.57 bits per heavy atom. The first-order valence-corrected chi connectivity index (χ1v) is 10.8. The third-order valence-electron chi connectivity index (χ3n) is 4.48. The second kappa shape index (κ2) is 12.9. The van der Waals surface area contributed by atoms with Gasteiger partial charge in [0, 0.05) is 61.7 Å². The van der Waals surface area contributed by atoms with Crippen molar-refractivity contribution in [2.45, 2.75) is 19.9 Å². The average Bonchev–Trinajstić information content (AvgIpc) is 2.74. The van der Waals surface area contributed by atoms with Gasteiger partial charge in [-0.05, 0) is 36.8 Å². The van der Waals surface area contributed by atoms with Gasteiger partial charge in [-0.1, -0.05) is 18.2 Å². The van der Waals surface area contributed by atoms with Crippen molar-refractivity contribution in [2.75, 3.05) is 42.6 Å². The van der Waals surface area contributed by atoms with Crippen molar-refractivity contribution in [1.82, 2.24) is 15.6 Å². The van der Waals surface area contributed by atoms with E-state index >= 15 is 0 Å². The highest BCUT2D eigenvalue weighted by Gasteiger charge is 2.10. The fourth-order valence-electron chi connectivity index (χ4n) is 3.00. The van der Waals surface area contributed by atoms with Crippen molar-refractivity contribution in [3.63, 3.8) is 0 Å². The number of halogens is 1. The van der Waals surface area contributed by atoms with Crippen LogP contribution in [0.5, 0.6) is 0 Å². The molecule has 1 aliphatic rings. The summed E-state index contributed by atoms with van der Waals surface area (Å²) in [6, 6.07) is 14.8. The average molecular weight is 511 g/mol. The number of pyridine rings is 1. The molecule has 0 bridgehead atoms. The first-order chi connectivity index (χ1) is 13.3. The van der Waals surface area contributed by atoms with Crippen LogP contribution in [0.3, 0.4) is 0 Å². The zero-order valence-corrected chi connectivity index (χ0v) is 19.6. The SMILES string of the molecule is CCNC(=NCc1ccc(N2CCSCC2)cc1)NCCc1ccccn1.I. The molecule has 1 fully saturated rings. The Kier molecular flexibility index (Phi) is 10.5. The molecule has 0 saturated carbocycles. The molecule has 5 nitrogen and oxygen atoms in total. The number of hydrogen-bond acceptors (Lipinski definition) is 4. The Morgan fingerprint density at radius 1 is 1.11 bits per heavy atom. The van der Waals surface area contributed by atoms with Gasteiger partial charge in [-0.3, -0.25) is 4.98 Å². The minimum Gasteiger partial charge on any atom is -0.370 e. The number of guanidine groups is 1. The molecule has 3 rings (SSSR count). The predicted octanol–water partition coefficient (Wildman–Crippen LogP) is 3.55. The summed E-state index contributed by atoms with van der Waals surface area (Å²) in [6.07, 6.45) is 2.72. The molecule has 28 heavy (non-hydrogen) atoms. The number of thioether (sulfide) groups is 1. The molecule has 2 heterocycles. The van der Waals surface area contributed by atoms with Crippen molar-refractivity contribution in [2.24, 2.45) is 4.99 Å². The largest absolute Gasteiger partial charge is 0.370 e. The highest BCUT2D eigenvalue weighted by atomic mass is 127. The molecule has 0 aliphatic carbocycles. The second-order valence-corrected chi connectivity index (χ2v) is 7.68. The molecular weight excluding hydrogens is 481 g/mol. The molecule has 0 spiro atoms. The Balaban J connectivity index is 0.00000280. The van der Waals surface area contributed by atoms with Crippen LogP contribution in [-0.2, 0) is 13.0 Å². The molecular formula is C21H30IN5S. The van der Waals surface area contributed by atoms with Gasteiger partial charge in [0.25, 0.3) is 0 Å². The maximum Gasteiger partial charge on any atom is 0.191 e. The first-order valence-electron chi connectivity index (χ1n) is 9.69. The summed E-state index contributed by atoms with van der Waals surface area (Å²) < 4.78 is 0. The molecule has 1 aromatic carbocycles. The molecule has 2 aromatic rings. The quantitative estimate of drug-likeness (QED) is 0.339. The predicted molar refractivity (Wildman–Crippen MR) is 132 cm³/mol. The molecule has 0 unspecified atom stereocenters. The molecule has 7 heteroatoms. The van der Waals surface area contributed by atoms with E-state index < -0.39 is 0 Å². The summed E-state index contributed by atoms with van der Waals surface area (Å²) in [4.78, 5) is 11.5. The van der Waals surface area contributed by atoms with E-state index in [0.717, 1.165) is 44.3 Å². The van der Waals surface area contributed by atoms with Crippen molar-refractivity contribution < 1.29 is 0 Å². The summed E-state index contributed by atoms with van der Waals surface area (Å²) >= 11 is 2.04. The van der Waals surface area contributed by atoms with Gasteiger partial charge in [-0.15, -0.1) is 24.0 Å². The summed E-state index contributed by atoms with van der Waals surface area (Å²) in [6.45, 7) is 6.71. The van der Waals surface area contributed by atoms with Crippen LogP contribution < -0.4 is 15.5 Å². The van der Waals surface area contributed by atoms with Crippen LogP contribution in [-0.4, -0.2) is 48.6 Å². The van der Waals surface area contributed by atoms with E-state index in [-0.39, 0.29) is 24.0 Å². The van der Waals surface area contributed by atoms with Gasteiger partial charge in [-0.25, -0.2) is 4.99 Å². The fraction of sp³-hybridized carbons (Fsp3) is 0.429. The van der Waals surface area contributed by atoms with Gasteiger partial charge in [0.2, 0.25) is 0 Å². The lowest BCUT2D eigenvalue weighted by molar-refractivity contribution is 0.788. The van der Waals surface area contributed by atoms with Crippen LogP contribution in [0.1, 0.15) is 18.2 Å². The van der Waals surface area contributed by atoms with Crippen LogP contribution >= 0.6 is 35.7 Å². The maximum atomic E-state index is 4.71. The molecule has 1 aliphatic heterocycles. The number of rotatable bonds is 7. The molecule has 1 aromatic heterocycles. The summed E-state index contributed by atoms with van der Waals surface area (Å²) in [7, 11) is 0. The van der Waals surface area contributed by atoms with Crippen molar-refractivity contribution in [1.29, 1.82) is 0 Å². The third-order valence-corrected chi connectivity index (χ3v) is 5.42. The lowest BCUT2D eigenvalue weighted by atomic mass is 10.2. The van der Waals surface area contributed by atoms with Crippen LogP contribution in [0.4, 0.5) is 5.69 Å². The number of benzene rings is 1. The summed E-state index contributed by atoms with van der Waals surface area (Å²) in [5, 5.41) is 6.70. The first kappa shape index (κ1) is 22.8. The van der Waals surface area contributed by atoms with E-state index in [1.165, 1.54) is 22.8 Å². The van der Waals surface area contributed by atoms with Gasteiger partial charge in [0.1, 0.15) is 0 Å². The molecule has 0 atom stereocenters. The van der Waals surface area contributed by atoms with Crippen molar-refractivity contribution in [3.8, 4) is 0 Å². The van der Waals surface area contributed by atoms with Crippen LogP contribution in [0.25, 0.3) is 0 Å². The zero-order chi connectivity index (χ0) is 18.7. The fourth-order valence-corrected chi connectivity index (χ4v) is 3.90. The topological polar surface area (TPSA) is 52.6 Å². The highest BCUT2D eigenvalue weighted by molar-refractivity contribution is 14.0. The lowest BCUT2D eigenvalue weighted by Crippen LogP contribution is -2.38. The van der Waals surface area contributed by atoms with Crippen molar-refractivity contribution in [3.05, 3.63) is 59.9 Å². The van der Waals surface area contributed by atoms with Gasteiger partial charge in [0.05, 0.1) is 6.54 Å². The zero-order valence-electron chi connectivity index (χ0n) is 16.4. The highest BCUT2D eigenvalue weighted by Crippen LogP contribution is 2.20. The lowest BCUT2D eigenvalue weighted by Gasteiger charge is -2.28.